The van der Waals surface area contributed by atoms with Gasteiger partial charge in [0.15, 0.2) is 0 Å². The van der Waals surface area contributed by atoms with Crippen molar-refractivity contribution < 1.29 is 9.90 Å². The van der Waals surface area contributed by atoms with Gasteiger partial charge in [-0.2, -0.15) is 0 Å². The van der Waals surface area contributed by atoms with Crippen LogP contribution in [0.1, 0.15) is 6.42 Å². The van der Waals surface area contributed by atoms with E-state index < -0.39 is 5.97 Å². The Morgan fingerprint density at radius 1 is 1.40 bits per heavy atom. The summed E-state index contributed by atoms with van der Waals surface area (Å²) in [5.41, 5.74) is 0. The molecule has 3 nitrogen and oxygen atoms in total. The van der Waals surface area contributed by atoms with E-state index in [1.165, 1.54) is 0 Å². The molecule has 0 heterocycles. The second-order valence-electron chi connectivity index (χ2n) is 1.95. The molecule has 0 rings (SSSR count). The summed E-state index contributed by atoms with van der Waals surface area (Å²) >= 11 is 0. The lowest BCUT2D eigenvalue weighted by Crippen LogP contribution is -2.15. The second-order valence-corrected chi connectivity index (χ2v) is 1.95. The summed E-state index contributed by atoms with van der Waals surface area (Å²) in [6, 6.07) is 0. The predicted octanol–water partition coefficient (Wildman–Crippen LogP) is 0.866. The molecular formula is C5H13Cl2NO2. The average Bonchev–Trinajstić information content (AvgIpc) is 1.61. The van der Waals surface area contributed by atoms with Crippen LogP contribution in [-0.4, -0.2) is 36.6 Å². The molecule has 1 N–H and O–H groups in total. The van der Waals surface area contributed by atoms with Crippen molar-refractivity contribution in [1.29, 1.82) is 0 Å². The smallest absolute Gasteiger partial charge is 0.304 e. The maximum absolute atomic E-state index is 9.88. The molecule has 64 valence electrons. The van der Waals surface area contributed by atoms with Crippen molar-refractivity contribution in [2.24, 2.45) is 0 Å². The highest BCUT2D eigenvalue weighted by molar-refractivity contribution is 5.85. The van der Waals surface area contributed by atoms with Gasteiger partial charge in [0.2, 0.25) is 0 Å². The fourth-order valence-electron chi connectivity index (χ4n) is 0.319. The Morgan fingerprint density at radius 2 is 1.80 bits per heavy atom. The van der Waals surface area contributed by atoms with Crippen LogP contribution in [0.3, 0.4) is 0 Å². The standard InChI is InChI=1S/C5H11NO2.2ClH/c1-6(2)4-3-5(7)8;;/h3-4H2,1-2H3,(H,7,8);2*1H. The molecule has 0 saturated carbocycles. The molecule has 0 aromatic rings. The van der Waals surface area contributed by atoms with Gasteiger partial charge in [-0.05, 0) is 14.1 Å². The maximum Gasteiger partial charge on any atom is 0.304 e. The van der Waals surface area contributed by atoms with E-state index in [-0.39, 0.29) is 31.2 Å². The highest BCUT2D eigenvalue weighted by Gasteiger charge is 1.95. The quantitative estimate of drug-likeness (QED) is 0.717. The zero-order valence-electron chi connectivity index (χ0n) is 6.03. The number of aliphatic carboxylic acids is 1. The molecule has 10 heavy (non-hydrogen) atoms. The van der Waals surface area contributed by atoms with E-state index in [4.69, 9.17) is 5.11 Å². The van der Waals surface area contributed by atoms with Crippen LogP contribution in [0.15, 0.2) is 0 Å². The second kappa shape index (κ2) is 9.01. The molecule has 0 bridgehead atoms. The normalized spacial score (nSPS) is 7.90. The van der Waals surface area contributed by atoms with Crippen molar-refractivity contribution in [2.45, 2.75) is 6.42 Å². The van der Waals surface area contributed by atoms with E-state index in [9.17, 15) is 4.79 Å². The highest BCUT2D eigenvalue weighted by Crippen LogP contribution is 1.80. The fourth-order valence-corrected chi connectivity index (χ4v) is 0.319. The van der Waals surface area contributed by atoms with Gasteiger partial charge in [-0.25, -0.2) is 0 Å². The SMILES string of the molecule is CN(C)CCC(=O)O.Cl.Cl. The average molecular weight is 190 g/mol. The van der Waals surface area contributed by atoms with Crippen LogP contribution >= 0.6 is 24.8 Å². The van der Waals surface area contributed by atoms with E-state index in [1.54, 1.807) is 0 Å². The molecule has 0 saturated heterocycles. The maximum atomic E-state index is 9.88. The summed E-state index contributed by atoms with van der Waals surface area (Å²) in [6.45, 7) is 0.620. The Bertz CT molecular complexity index is 87.7. The lowest BCUT2D eigenvalue weighted by molar-refractivity contribution is -0.137. The zero-order chi connectivity index (χ0) is 6.57. The molecule has 0 aliphatic rings. The lowest BCUT2D eigenvalue weighted by atomic mass is 10.4. The molecule has 0 aliphatic heterocycles. The van der Waals surface area contributed by atoms with Crippen molar-refractivity contribution in [3.63, 3.8) is 0 Å². The molecule has 0 radical (unpaired) electrons. The fraction of sp³-hybridized carbons (Fsp3) is 0.800. The first kappa shape index (κ1) is 16.5. The van der Waals surface area contributed by atoms with Crippen LogP contribution in [0.25, 0.3) is 0 Å². The van der Waals surface area contributed by atoms with E-state index in [2.05, 4.69) is 0 Å². The van der Waals surface area contributed by atoms with Gasteiger partial charge in [-0.1, -0.05) is 0 Å². The molecule has 5 heteroatoms. The van der Waals surface area contributed by atoms with Gasteiger partial charge >= 0.3 is 5.97 Å². The van der Waals surface area contributed by atoms with E-state index in [0.29, 0.717) is 6.54 Å². The third-order valence-electron chi connectivity index (χ3n) is 0.773. The molecule has 0 spiro atoms. The molecule has 0 aromatic heterocycles. The van der Waals surface area contributed by atoms with Gasteiger partial charge < -0.3 is 10.0 Å². The van der Waals surface area contributed by atoms with Crippen molar-refractivity contribution in [1.82, 2.24) is 4.90 Å². The first-order valence-corrected chi connectivity index (χ1v) is 2.49. The Kier molecular flexibility index (Phi) is 14.9. The van der Waals surface area contributed by atoms with Gasteiger partial charge in [0, 0.05) is 6.54 Å². The number of hydrogen-bond donors (Lipinski definition) is 1. The molecule has 0 aliphatic carbocycles. The Labute approximate surface area is 73.2 Å². The number of rotatable bonds is 3. The largest absolute Gasteiger partial charge is 0.481 e. The summed E-state index contributed by atoms with van der Waals surface area (Å²) in [7, 11) is 3.70. The van der Waals surface area contributed by atoms with E-state index >= 15 is 0 Å². The first-order valence-electron chi connectivity index (χ1n) is 2.49. The van der Waals surface area contributed by atoms with Crippen LogP contribution in [0, 0.1) is 0 Å². The highest BCUT2D eigenvalue weighted by atomic mass is 35.5. The molecule has 0 atom stereocenters. The minimum Gasteiger partial charge on any atom is -0.481 e. The van der Waals surface area contributed by atoms with E-state index in [0.717, 1.165) is 0 Å². The minimum atomic E-state index is -0.737. The summed E-state index contributed by atoms with van der Waals surface area (Å²) in [4.78, 5) is 11.7. The van der Waals surface area contributed by atoms with Crippen molar-refractivity contribution in [3.8, 4) is 0 Å². The molecular weight excluding hydrogens is 177 g/mol. The van der Waals surface area contributed by atoms with Crippen molar-refractivity contribution in [3.05, 3.63) is 0 Å². The van der Waals surface area contributed by atoms with Gasteiger partial charge in [-0.15, -0.1) is 24.8 Å². The summed E-state index contributed by atoms with van der Waals surface area (Å²) in [5.74, 6) is -0.737. The minimum absolute atomic E-state index is 0. The van der Waals surface area contributed by atoms with Crippen LogP contribution < -0.4 is 0 Å². The third-order valence-corrected chi connectivity index (χ3v) is 0.773. The van der Waals surface area contributed by atoms with E-state index in [1.807, 2.05) is 19.0 Å². The number of hydrogen-bond acceptors (Lipinski definition) is 2. The Balaban J connectivity index is -0.000000245. The number of halogens is 2. The van der Waals surface area contributed by atoms with Crippen LogP contribution in [0.4, 0.5) is 0 Å². The van der Waals surface area contributed by atoms with Gasteiger partial charge in [-0.3, -0.25) is 4.79 Å². The number of nitrogens with zero attached hydrogens (tertiary/aromatic N) is 1. The monoisotopic (exact) mass is 189 g/mol. The molecule has 0 fully saturated rings. The molecule has 0 unspecified atom stereocenters. The Hall–Kier alpha value is 0.01000. The third kappa shape index (κ3) is 15.7. The number of carbonyl (C=O) groups is 1. The zero-order valence-corrected chi connectivity index (χ0v) is 7.67. The van der Waals surface area contributed by atoms with Gasteiger partial charge in [0.1, 0.15) is 0 Å². The van der Waals surface area contributed by atoms with Crippen LogP contribution in [0.5, 0.6) is 0 Å². The predicted molar refractivity (Wildman–Crippen MR) is 45.3 cm³/mol. The topological polar surface area (TPSA) is 40.5 Å². The molecule has 0 aromatic carbocycles. The number of carboxylic acids is 1. The summed E-state index contributed by atoms with van der Waals surface area (Å²) in [5, 5.41) is 8.14. The summed E-state index contributed by atoms with van der Waals surface area (Å²) in [6.07, 6.45) is 0.229. The Morgan fingerprint density at radius 3 is 1.90 bits per heavy atom. The van der Waals surface area contributed by atoms with Gasteiger partial charge in [0.05, 0.1) is 6.42 Å². The first-order chi connectivity index (χ1) is 3.63. The van der Waals surface area contributed by atoms with Crippen LogP contribution in [0.2, 0.25) is 0 Å². The van der Waals surface area contributed by atoms with Gasteiger partial charge in [0.25, 0.3) is 0 Å². The van der Waals surface area contributed by atoms with Crippen molar-refractivity contribution >= 4 is 30.8 Å². The lowest BCUT2D eigenvalue weighted by Gasteiger charge is -2.04. The number of carboxylic acid groups (broad SMARTS) is 1. The van der Waals surface area contributed by atoms with Crippen LogP contribution in [-0.2, 0) is 4.79 Å². The van der Waals surface area contributed by atoms with Crippen molar-refractivity contribution in [2.75, 3.05) is 20.6 Å². The molecule has 0 amide bonds. The summed E-state index contributed by atoms with van der Waals surface area (Å²) < 4.78 is 0.